The van der Waals surface area contributed by atoms with Crippen molar-refractivity contribution in [3.8, 4) is 5.75 Å². The molecule has 0 saturated carbocycles. The summed E-state index contributed by atoms with van der Waals surface area (Å²) in [6.07, 6.45) is -0.782. The lowest BCUT2D eigenvalue weighted by Crippen LogP contribution is -2.07. The van der Waals surface area contributed by atoms with Gasteiger partial charge in [-0.25, -0.2) is 0 Å². The number of methoxy groups -OCH3 is 3. The van der Waals surface area contributed by atoms with E-state index in [2.05, 4.69) is 0 Å². The van der Waals surface area contributed by atoms with Gasteiger partial charge in [-0.1, -0.05) is 0 Å². The van der Waals surface area contributed by atoms with Gasteiger partial charge in [-0.05, 0) is 12.1 Å². The van der Waals surface area contributed by atoms with Crippen molar-refractivity contribution < 1.29 is 19.1 Å². The van der Waals surface area contributed by atoms with E-state index in [-0.39, 0.29) is 5.69 Å². The van der Waals surface area contributed by atoms with E-state index >= 15 is 0 Å². The molecule has 1 rings (SSSR count). The lowest BCUT2D eigenvalue weighted by molar-refractivity contribution is -0.387. The maximum Gasteiger partial charge on any atom is 0.277 e. The van der Waals surface area contributed by atoms with Crippen LogP contribution in [-0.2, 0) is 9.47 Å². The summed E-state index contributed by atoms with van der Waals surface area (Å²) >= 11 is 0. The second-order valence-corrected chi connectivity index (χ2v) is 2.99. The molecular weight excluding hydrogens is 214 g/mol. The summed E-state index contributed by atoms with van der Waals surface area (Å²) in [4.78, 5) is 10.3. The smallest absolute Gasteiger partial charge is 0.277 e. The molecule has 1 aromatic carbocycles. The maximum atomic E-state index is 10.8. The highest BCUT2D eigenvalue weighted by Crippen LogP contribution is 2.31. The summed E-state index contributed by atoms with van der Waals surface area (Å²) in [6.45, 7) is 0. The van der Waals surface area contributed by atoms with Gasteiger partial charge in [0.05, 0.1) is 17.6 Å². The minimum absolute atomic E-state index is 0.0606. The Morgan fingerprint density at radius 1 is 1.25 bits per heavy atom. The summed E-state index contributed by atoms with van der Waals surface area (Å²) < 4.78 is 15.0. The first-order chi connectivity index (χ1) is 7.63. The Morgan fingerprint density at radius 3 is 2.31 bits per heavy atom. The number of nitro groups is 1. The highest BCUT2D eigenvalue weighted by Gasteiger charge is 2.22. The molecule has 0 heterocycles. The number of nitro benzene ring substituents is 1. The van der Waals surface area contributed by atoms with E-state index in [0.717, 1.165) is 0 Å². The molecular formula is C10H13NO5. The Kier molecular flexibility index (Phi) is 4.21. The van der Waals surface area contributed by atoms with Gasteiger partial charge in [0.1, 0.15) is 5.75 Å². The third-order valence-corrected chi connectivity index (χ3v) is 2.11. The quantitative estimate of drug-likeness (QED) is 0.436. The van der Waals surface area contributed by atoms with Crippen molar-refractivity contribution in [3.05, 3.63) is 33.9 Å². The van der Waals surface area contributed by atoms with Crippen LogP contribution in [0.5, 0.6) is 5.75 Å². The molecule has 0 fully saturated rings. The highest BCUT2D eigenvalue weighted by atomic mass is 16.7. The molecule has 0 bridgehead atoms. The van der Waals surface area contributed by atoms with Crippen LogP contribution in [0.1, 0.15) is 11.9 Å². The molecule has 6 nitrogen and oxygen atoms in total. The first-order valence-corrected chi connectivity index (χ1v) is 4.52. The van der Waals surface area contributed by atoms with Crippen LogP contribution < -0.4 is 4.74 Å². The minimum Gasteiger partial charge on any atom is -0.497 e. The zero-order valence-electron chi connectivity index (χ0n) is 9.30. The predicted octanol–water partition coefficient (Wildman–Crippen LogP) is 1.89. The van der Waals surface area contributed by atoms with Crippen molar-refractivity contribution in [1.29, 1.82) is 0 Å². The van der Waals surface area contributed by atoms with Crippen molar-refractivity contribution in [1.82, 2.24) is 0 Å². The van der Waals surface area contributed by atoms with Gasteiger partial charge in [-0.15, -0.1) is 0 Å². The number of hydrogen-bond donors (Lipinski definition) is 0. The average molecular weight is 227 g/mol. The third-order valence-electron chi connectivity index (χ3n) is 2.11. The Balaban J connectivity index is 3.24. The Bertz CT molecular complexity index is 375. The minimum atomic E-state index is -0.782. The van der Waals surface area contributed by atoms with Crippen LogP contribution in [0.3, 0.4) is 0 Å². The molecule has 0 amide bonds. The molecule has 16 heavy (non-hydrogen) atoms. The number of benzene rings is 1. The molecule has 0 aliphatic rings. The van der Waals surface area contributed by atoms with Crippen LogP contribution in [0.4, 0.5) is 5.69 Å². The second kappa shape index (κ2) is 5.43. The van der Waals surface area contributed by atoms with Gasteiger partial charge in [0, 0.05) is 20.3 Å². The summed E-state index contributed by atoms with van der Waals surface area (Å²) in [5, 5.41) is 10.8. The molecule has 0 N–H and O–H groups in total. The molecule has 0 unspecified atom stereocenters. The topological polar surface area (TPSA) is 70.8 Å². The zero-order chi connectivity index (χ0) is 12.1. The van der Waals surface area contributed by atoms with E-state index < -0.39 is 11.2 Å². The van der Waals surface area contributed by atoms with Gasteiger partial charge in [-0.2, -0.15) is 0 Å². The zero-order valence-corrected chi connectivity index (χ0v) is 9.30. The summed E-state index contributed by atoms with van der Waals surface area (Å²) in [5.74, 6) is 0.514. The van der Waals surface area contributed by atoms with E-state index in [0.29, 0.717) is 11.3 Å². The van der Waals surface area contributed by atoms with Gasteiger partial charge in [0.2, 0.25) is 0 Å². The van der Waals surface area contributed by atoms with Gasteiger partial charge in [0.25, 0.3) is 5.69 Å². The van der Waals surface area contributed by atoms with E-state index in [1.54, 1.807) is 0 Å². The average Bonchev–Trinajstić information content (AvgIpc) is 2.30. The monoisotopic (exact) mass is 227 g/mol. The van der Waals surface area contributed by atoms with Gasteiger partial charge >= 0.3 is 0 Å². The summed E-state index contributed by atoms with van der Waals surface area (Å²) in [6, 6.07) is 4.40. The highest BCUT2D eigenvalue weighted by molar-refractivity contribution is 5.46. The molecule has 88 valence electrons. The van der Waals surface area contributed by atoms with E-state index in [9.17, 15) is 10.1 Å². The van der Waals surface area contributed by atoms with E-state index in [4.69, 9.17) is 14.2 Å². The molecule has 0 spiro atoms. The SMILES string of the molecule is COc1ccc([N+](=O)[O-])c(C(OC)OC)c1. The maximum absolute atomic E-state index is 10.8. The van der Waals surface area contributed by atoms with Crippen molar-refractivity contribution in [2.24, 2.45) is 0 Å². The Hall–Kier alpha value is -1.66. The van der Waals surface area contributed by atoms with Crippen LogP contribution in [0.25, 0.3) is 0 Å². The normalized spacial score (nSPS) is 10.5. The van der Waals surface area contributed by atoms with Gasteiger partial charge in [0.15, 0.2) is 6.29 Å². The van der Waals surface area contributed by atoms with Crippen molar-refractivity contribution in [3.63, 3.8) is 0 Å². The third kappa shape index (κ3) is 2.47. The number of nitrogens with zero attached hydrogens (tertiary/aromatic N) is 1. The largest absolute Gasteiger partial charge is 0.497 e. The van der Waals surface area contributed by atoms with Gasteiger partial charge in [-0.3, -0.25) is 10.1 Å². The summed E-state index contributed by atoms with van der Waals surface area (Å²) in [7, 11) is 4.31. The van der Waals surface area contributed by atoms with E-state index in [1.165, 1.54) is 39.5 Å². The fourth-order valence-corrected chi connectivity index (χ4v) is 1.36. The van der Waals surface area contributed by atoms with Crippen molar-refractivity contribution in [2.45, 2.75) is 6.29 Å². The fourth-order valence-electron chi connectivity index (χ4n) is 1.36. The van der Waals surface area contributed by atoms with Crippen LogP contribution in [-0.4, -0.2) is 26.3 Å². The number of rotatable bonds is 5. The summed E-state index contributed by atoms with van der Waals surface area (Å²) in [5.41, 5.74) is 0.267. The first kappa shape index (κ1) is 12.4. The molecule has 0 aromatic heterocycles. The molecule has 0 atom stereocenters. The van der Waals surface area contributed by atoms with Gasteiger partial charge < -0.3 is 14.2 Å². The molecule has 6 heteroatoms. The fraction of sp³-hybridized carbons (Fsp3) is 0.400. The molecule has 0 aliphatic carbocycles. The predicted molar refractivity (Wildman–Crippen MR) is 56.4 cm³/mol. The van der Waals surface area contributed by atoms with Crippen molar-refractivity contribution in [2.75, 3.05) is 21.3 Å². The van der Waals surface area contributed by atoms with Crippen LogP contribution >= 0.6 is 0 Å². The lowest BCUT2D eigenvalue weighted by Gasteiger charge is -2.14. The Labute approximate surface area is 92.9 Å². The van der Waals surface area contributed by atoms with E-state index in [1.807, 2.05) is 0 Å². The standard InChI is InChI=1S/C10H13NO5/c1-14-7-4-5-9(11(12)13)8(6-7)10(15-2)16-3/h4-6,10H,1-3H3. The second-order valence-electron chi connectivity index (χ2n) is 2.99. The van der Waals surface area contributed by atoms with Crippen LogP contribution in [0, 0.1) is 10.1 Å². The first-order valence-electron chi connectivity index (χ1n) is 4.52. The lowest BCUT2D eigenvalue weighted by atomic mass is 10.1. The number of ether oxygens (including phenoxy) is 3. The molecule has 0 radical (unpaired) electrons. The Morgan fingerprint density at radius 2 is 1.88 bits per heavy atom. The molecule has 0 saturated heterocycles. The van der Waals surface area contributed by atoms with Crippen molar-refractivity contribution >= 4 is 5.69 Å². The van der Waals surface area contributed by atoms with Crippen LogP contribution in [0.2, 0.25) is 0 Å². The molecule has 0 aliphatic heterocycles. The number of hydrogen-bond acceptors (Lipinski definition) is 5. The van der Waals surface area contributed by atoms with Crippen LogP contribution in [0.15, 0.2) is 18.2 Å². The molecule has 1 aromatic rings.